The lowest BCUT2D eigenvalue weighted by Crippen LogP contribution is -2.41. The molecule has 116 valence electrons. The standard InChI is InChI=1S/C15H22FN3O2/c1-4-7-12(14(17)18-21)15(20)19(3)10(2)11-8-5-6-9-13(11)16/h5-6,8-10,12,21H,4,7H2,1-3H3,(H2,17,18). The van der Waals surface area contributed by atoms with Gasteiger partial charge in [0.15, 0.2) is 5.84 Å². The zero-order chi connectivity index (χ0) is 16.0. The van der Waals surface area contributed by atoms with Crippen LogP contribution in [0.25, 0.3) is 0 Å². The lowest BCUT2D eigenvalue weighted by atomic mass is 9.98. The summed E-state index contributed by atoms with van der Waals surface area (Å²) in [6.07, 6.45) is 1.19. The van der Waals surface area contributed by atoms with Crippen LogP contribution >= 0.6 is 0 Å². The number of nitrogens with two attached hydrogens (primary N) is 1. The van der Waals surface area contributed by atoms with Crippen LogP contribution in [0.15, 0.2) is 29.4 Å². The molecule has 0 aromatic heterocycles. The van der Waals surface area contributed by atoms with Gasteiger partial charge >= 0.3 is 0 Å². The number of oxime groups is 1. The topological polar surface area (TPSA) is 78.9 Å². The average Bonchev–Trinajstić information content (AvgIpc) is 2.50. The number of hydrogen-bond donors (Lipinski definition) is 2. The van der Waals surface area contributed by atoms with Crippen molar-refractivity contribution in [2.75, 3.05) is 7.05 Å². The summed E-state index contributed by atoms with van der Waals surface area (Å²) >= 11 is 0. The first-order valence-electron chi connectivity index (χ1n) is 6.92. The molecule has 1 rings (SSSR count). The third-order valence-corrected chi connectivity index (χ3v) is 3.63. The van der Waals surface area contributed by atoms with Crippen LogP contribution in [0.2, 0.25) is 0 Å². The maximum absolute atomic E-state index is 13.8. The molecule has 5 nitrogen and oxygen atoms in total. The SMILES string of the molecule is CCCC(C(=O)N(C)C(C)c1ccccc1F)C(N)=NO. The number of carbonyl (C=O) groups excluding carboxylic acids is 1. The van der Waals surface area contributed by atoms with Gasteiger partial charge in [0.2, 0.25) is 5.91 Å². The second kappa shape index (κ2) is 7.61. The van der Waals surface area contributed by atoms with E-state index in [9.17, 15) is 9.18 Å². The summed E-state index contributed by atoms with van der Waals surface area (Å²) < 4.78 is 13.8. The van der Waals surface area contributed by atoms with Gasteiger partial charge in [0.1, 0.15) is 5.82 Å². The molecular formula is C15H22FN3O2. The number of nitrogens with zero attached hydrogens (tertiary/aromatic N) is 2. The van der Waals surface area contributed by atoms with Gasteiger partial charge in [0.25, 0.3) is 0 Å². The van der Waals surface area contributed by atoms with Crippen molar-refractivity contribution in [2.45, 2.75) is 32.7 Å². The lowest BCUT2D eigenvalue weighted by molar-refractivity contribution is -0.134. The molecule has 0 heterocycles. The summed E-state index contributed by atoms with van der Waals surface area (Å²) in [6.45, 7) is 3.65. The Morgan fingerprint density at radius 3 is 2.62 bits per heavy atom. The maximum Gasteiger partial charge on any atom is 0.233 e. The zero-order valence-electron chi connectivity index (χ0n) is 12.6. The Hall–Kier alpha value is -2.11. The fourth-order valence-electron chi connectivity index (χ4n) is 2.22. The molecule has 2 unspecified atom stereocenters. The number of benzene rings is 1. The van der Waals surface area contributed by atoms with Gasteiger partial charge in [-0.15, -0.1) is 0 Å². The third kappa shape index (κ3) is 3.93. The van der Waals surface area contributed by atoms with Gasteiger partial charge in [-0.2, -0.15) is 0 Å². The Labute approximate surface area is 124 Å². The number of amides is 1. The van der Waals surface area contributed by atoms with E-state index >= 15 is 0 Å². The molecule has 0 saturated heterocycles. The molecule has 2 atom stereocenters. The molecule has 0 aliphatic carbocycles. The monoisotopic (exact) mass is 295 g/mol. The quantitative estimate of drug-likeness (QED) is 0.366. The van der Waals surface area contributed by atoms with Gasteiger partial charge in [0, 0.05) is 12.6 Å². The van der Waals surface area contributed by atoms with Crippen LogP contribution in [0.4, 0.5) is 4.39 Å². The molecule has 0 aliphatic rings. The summed E-state index contributed by atoms with van der Waals surface area (Å²) in [4.78, 5) is 13.9. The first kappa shape index (κ1) is 16.9. The highest BCUT2D eigenvalue weighted by Gasteiger charge is 2.29. The summed E-state index contributed by atoms with van der Waals surface area (Å²) in [5, 5.41) is 11.7. The summed E-state index contributed by atoms with van der Waals surface area (Å²) in [7, 11) is 1.59. The number of hydrogen-bond acceptors (Lipinski definition) is 3. The van der Waals surface area contributed by atoms with E-state index in [2.05, 4.69) is 5.16 Å². The minimum Gasteiger partial charge on any atom is -0.409 e. The van der Waals surface area contributed by atoms with E-state index in [4.69, 9.17) is 10.9 Å². The first-order chi connectivity index (χ1) is 9.93. The Morgan fingerprint density at radius 2 is 2.10 bits per heavy atom. The molecule has 0 fully saturated rings. The van der Waals surface area contributed by atoms with Crippen molar-refractivity contribution in [3.63, 3.8) is 0 Å². The van der Waals surface area contributed by atoms with Crippen molar-refractivity contribution < 1.29 is 14.4 Å². The van der Waals surface area contributed by atoms with Crippen LogP contribution in [-0.2, 0) is 4.79 Å². The molecule has 3 N–H and O–H groups in total. The normalized spacial score (nSPS) is 14.6. The van der Waals surface area contributed by atoms with Crippen molar-refractivity contribution in [2.24, 2.45) is 16.8 Å². The van der Waals surface area contributed by atoms with Crippen LogP contribution < -0.4 is 5.73 Å². The minimum atomic E-state index is -0.695. The highest BCUT2D eigenvalue weighted by molar-refractivity contribution is 6.02. The lowest BCUT2D eigenvalue weighted by Gasteiger charge is -2.29. The smallest absolute Gasteiger partial charge is 0.233 e. The van der Waals surface area contributed by atoms with Crippen LogP contribution in [0, 0.1) is 11.7 Å². The maximum atomic E-state index is 13.8. The van der Waals surface area contributed by atoms with Gasteiger partial charge in [-0.3, -0.25) is 4.79 Å². The Bertz CT molecular complexity index is 519. The van der Waals surface area contributed by atoms with E-state index < -0.39 is 12.0 Å². The van der Waals surface area contributed by atoms with E-state index in [1.807, 2.05) is 6.92 Å². The average molecular weight is 295 g/mol. The first-order valence-corrected chi connectivity index (χ1v) is 6.92. The van der Waals surface area contributed by atoms with Crippen molar-refractivity contribution in [3.8, 4) is 0 Å². The van der Waals surface area contributed by atoms with Crippen LogP contribution in [0.1, 0.15) is 38.3 Å². The van der Waals surface area contributed by atoms with Gasteiger partial charge in [-0.25, -0.2) is 4.39 Å². The molecule has 0 saturated carbocycles. The minimum absolute atomic E-state index is 0.116. The van der Waals surface area contributed by atoms with E-state index in [0.29, 0.717) is 18.4 Å². The largest absolute Gasteiger partial charge is 0.409 e. The van der Waals surface area contributed by atoms with E-state index in [1.165, 1.54) is 11.0 Å². The van der Waals surface area contributed by atoms with Crippen LogP contribution in [0.5, 0.6) is 0 Å². The second-order valence-electron chi connectivity index (χ2n) is 5.01. The molecule has 1 aromatic rings. The van der Waals surface area contributed by atoms with Crippen molar-refractivity contribution in [3.05, 3.63) is 35.6 Å². The molecular weight excluding hydrogens is 273 g/mol. The molecule has 21 heavy (non-hydrogen) atoms. The molecule has 0 radical (unpaired) electrons. The predicted octanol–water partition coefficient (Wildman–Crippen LogP) is 2.51. The van der Waals surface area contributed by atoms with Gasteiger partial charge in [-0.05, 0) is 19.4 Å². The summed E-state index contributed by atoms with van der Waals surface area (Å²) in [6, 6.07) is 5.88. The Balaban J connectivity index is 2.97. The van der Waals surface area contributed by atoms with Crippen molar-refractivity contribution in [1.29, 1.82) is 0 Å². The fraction of sp³-hybridized carbons (Fsp3) is 0.467. The zero-order valence-corrected chi connectivity index (χ0v) is 12.6. The second-order valence-corrected chi connectivity index (χ2v) is 5.01. The van der Waals surface area contributed by atoms with Gasteiger partial charge < -0.3 is 15.8 Å². The highest BCUT2D eigenvalue weighted by atomic mass is 19.1. The Morgan fingerprint density at radius 1 is 1.48 bits per heavy atom. The molecule has 0 aliphatic heterocycles. The van der Waals surface area contributed by atoms with Crippen molar-refractivity contribution in [1.82, 2.24) is 4.90 Å². The molecule has 0 spiro atoms. The fourth-order valence-corrected chi connectivity index (χ4v) is 2.22. The number of rotatable bonds is 6. The number of halogens is 1. The molecule has 6 heteroatoms. The van der Waals surface area contributed by atoms with Crippen molar-refractivity contribution >= 4 is 11.7 Å². The molecule has 1 amide bonds. The van der Waals surface area contributed by atoms with E-state index in [0.717, 1.165) is 0 Å². The summed E-state index contributed by atoms with van der Waals surface area (Å²) in [5.74, 6) is -1.46. The highest BCUT2D eigenvalue weighted by Crippen LogP contribution is 2.24. The van der Waals surface area contributed by atoms with Crippen LogP contribution in [-0.4, -0.2) is 28.9 Å². The van der Waals surface area contributed by atoms with E-state index in [-0.39, 0.29) is 17.6 Å². The number of amidine groups is 1. The van der Waals surface area contributed by atoms with Gasteiger partial charge in [0.05, 0.1) is 12.0 Å². The molecule has 1 aromatic carbocycles. The number of carbonyl (C=O) groups is 1. The third-order valence-electron chi connectivity index (χ3n) is 3.63. The molecule has 0 bridgehead atoms. The van der Waals surface area contributed by atoms with Gasteiger partial charge in [-0.1, -0.05) is 36.7 Å². The summed E-state index contributed by atoms with van der Waals surface area (Å²) in [5.41, 5.74) is 6.02. The predicted molar refractivity (Wildman–Crippen MR) is 79.4 cm³/mol. The Kier molecular flexibility index (Phi) is 6.14. The van der Waals surface area contributed by atoms with E-state index in [1.54, 1.807) is 32.2 Å². The van der Waals surface area contributed by atoms with Crippen LogP contribution in [0.3, 0.4) is 0 Å².